The number of hydrogen-bond donors (Lipinski definition) is 3. The van der Waals surface area contributed by atoms with Crippen molar-refractivity contribution in [2.75, 3.05) is 13.6 Å². The number of halogens is 1. The van der Waals surface area contributed by atoms with Crippen LogP contribution in [0.15, 0.2) is 34.7 Å². The van der Waals surface area contributed by atoms with Gasteiger partial charge in [-0.05, 0) is 67.5 Å². The summed E-state index contributed by atoms with van der Waals surface area (Å²) in [6.07, 6.45) is 2.72. The third-order valence-electron chi connectivity index (χ3n) is 5.99. The van der Waals surface area contributed by atoms with Crippen LogP contribution in [0.1, 0.15) is 59.6 Å². The first-order valence-corrected chi connectivity index (χ1v) is 12.8. The lowest BCUT2D eigenvalue weighted by Gasteiger charge is -2.17. The van der Waals surface area contributed by atoms with Crippen LogP contribution in [0.4, 0.5) is 0 Å². The maximum atomic E-state index is 12.8. The van der Waals surface area contributed by atoms with E-state index in [-0.39, 0.29) is 37.0 Å². The van der Waals surface area contributed by atoms with Crippen molar-refractivity contribution in [2.24, 2.45) is 0 Å². The fraction of sp³-hybridized carbons (Fsp3) is 0.375. The summed E-state index contributed by atoms with van der Waals surface area (Å²) in [4.78, 5) is 28.3. The Balaban J connectivity index is 1.74. The van der Waals surface area contributed by atoms with Crippen LogP contribution in [0.2, 0.25) is 5.02 Å². The molecule has 1 fully saturated rings. The first kappa shape index (κ1) is 25.2. The van der Waals surface area contributed by atoms with Crippen molar-refractivity contribution in [3.05, 3.63) is 52.2 Å². The average molecular weight is 520 g/mol. The minimum Gasteiger partial charge on any atom is -0.481 e. The van der Waals surface area contributed by atoms with Crippen molar-refractivity contribution < 1.29 is 27.5 Å². The molecule has 4 rings (SSSR count). The number of unbranched alkanes of at least 4 members (excludes halogenated alkanes) is 1. The van der Waals surface area contributed by atoms with Gasteiger partial charge in [-0.2, -0.15) is 4.31 Å². The van der Waals surface area contributed by atoms with E-state index in [1.807, 2.05) is 6.07 Å². The van der Waals surface area contributed by atoms with E-state index in [4.69, 9.17) is 21.1 Å². The number of carboxylic acid groups (broad SMARTS) is 1. The van der Waals surface area contributed by atoms with Gasteiger partial charge in [-0.15, -0.1) is 0 Å². The number of hydrogen-bond acceptors (Lipinski definition) is 6. The van der Waals surface area contributed by atoms with Crippen LogP contribution < -0.4 is 5.32 Å². The highest BCUT2D eigenvalue weighted by Crippen LogP contribution is 2.44. The Morgan fingerprint density at radius 3 is 2.54 bits per heavy atom. The molecule has 186 valence electrons. The molecule has 2 heterocycles. The molecule has 0 radical (unpaired) electrons. The van der Waals surface area contributed by atoms with E-state index in [0.29, 0.717) is 45.8 Å². The number of fused-ring (bicyclic) bond motifs is 1. The van der Waals surface area contributed by atoms with E-state index in [1.165, 1.54) is 4.31 Å². The molecule has 11 heteroatoms. The number of pyridine rings is 1. The molecule has 0 bridgehead atoms. The number of nitrogens with zero attached hydrogens (tertiary/aromatic N) is 2. The molecule has 1 aliphatic carbocycles. The highest BCUT2D eigenvalue weighted by molar-refractivity contribution is 7.69. The number of amides is 1. The normalized spacial score (nSPS) is 13.6. The van der Waals surface area contributed by atoms with Crippen molar-refractivity contribution in [3.63, 3.8) is 0 Å². The van der Waals surface area contributed by atoms with Gasteiger partial charge < -0.3 is 14.8 Å². The Labute approximate surface area is 209 Å². The van der Waals surface area contributed by atoms with E-state index in [9.17, 15) is 18.0 Å². The topological polar surface area (TPSA) is 130 Å². The molecule has 35 heavy (non-hydrogen) atoms. The summed E-state index contributed by atoms with van der Waals surface area (Å²) < 4.78 is 31.2. The Hall–Kier alpha value is -2.95. The highest BCUT2D eigenvalue weighted by atomic mass is 35.5. The lowest BCUT2D eigenvalue weighted by Crippen LogP contribution is -2.24. The predicted molar refractivity (Wildman–Crippen MR) is 132 cm³/mol. The Morgan fingerprint density at radius 1 is 1.23 bits per heavy atom. The average Bonchev–Trinajstić information content (AvgIpc) is 3.60. The van der Waals surface area contributed by atoms with Crippen molar-refractivity contribution in [1.29, 1.82) is 0 Å². The standard InChI is InChI=1S/C24H26ClN3O6S/c1-26-23(31)21-18-12-17(14-5-6-14)19(13-28(35(32)33)11-3-2-4-20(29)30)27-24(18)34-22(21)15-7-9-16(25)10-8-15/h7-10,12,14,35H,2-6,11,13H2,1H3,(H,26,31)(H,29,30). The van der Waals surface area contributed by atoms with Crippen LogP contribution in [0.25, 0.3) is 22.4 Å². The zero-order valence-electron chi connectivity index (χ0n) is 19.1. The van der Waals surface area contributed by atoms with Crippen LogP contribution in [-0.2, 0) is 22.2 Å². The SMILES string of the molecule is CNC(=O)c1c(-c2ccc(Cl)cc2)oc2nc(CN(CCCCC(=O)O)[SH](=O)=O)c(C3CC3)cc12. The molecule has 1 aliphatic rings. The Kier molecular flexibility index (Phi) is 7.73. The number of aromatic nitrogens is 1. The summed E-state index contributed by atoms with van der Waals surface area (Å²) in [5, 5.41) is 12.6. The van der Waals surface area contributed by atoms with E-state index in [0.717, 1.165) is 18.4 Å². The molecule has 0 aliphatic heterocycles. The molecule has 1 saturated carbocycles. The molecular weight excluding hydrogens is 494 g/mol. The van der Waals surface area contributed by atoms with Gasteiger partial charge in [0.1, 0.15) is 5.76 Å². The predicted octanol–water partition coefficient (Wildman–Crippen LogP) is 3.97. The highest BCUT2D eigenvalue weighted by Gasteiger charge is 2.31. The Morgan fingerprint density at radius 2 is 1.94 bits per heavy atom. The molecule has 2 N–H and O–H groups in total. The van der Waals surface area contributed by atoms with Crippen molar-refractivity contribution in [2.45, 2.75) is 44.6 Å². The molecule has 9 nitrogen and oxygen atoms in total. The third-order valence-corrected chi connectivity index (χ3v) is 7.05. The first-order valence-electron chi connectivity index (χ1n) is 11.3. The quantitative estimate of drug-likeness (QED) is 0.258. The van der Waals surface area contributed by atoms with Gasteiger partial charge in [-0.3, -0.25) is 9.59 Å². The lowest BCUT2D eigenvalue weighted by atomic mass is 10.0. The summed E-state index contributed by atoms with van der Waals surface area (Å²) in [5.41, 5.74) is 2.77. The van der Waals surface area contributed by atoms with Gasteiger partial charge in [0.15, 0.2) is 0 Å². The fourth-order valence-electron chi connectivity index (χ4n) is 4.07. The molecule has 0 spiro atoms. The molecule has 1 aromatic carbocycles. The number of benzene rings is 1. The fourth-order valence-corrected chi connectivity index (χ4v) is 4.75. The van der Waals surface area contributed by atoms with Gasteiger partial charge >= 0.3 is 5.97 Å². The maximum Gasteiger partial charge on any atom is 0.303 e. The minimum absolute atomic E-state index is 0.0108. The number of thiol groups is 1. The number of aliphatic carboxylic acids is 1. The van der Waals surface area contributed by atoms with Gasteiger partial charge in [-0.25, -0.2) is 13.4 Å². The molecule has 3 aromatic rings. The van der Waals surface area contributed by atoms with Crippen LogP contribution in [0, 0.1) is 0 Å². The van der Waals surface area contributed by atoms with Gasteiger partial charge in [0, 0.05) is 30.6 Å². The van der Waals surface area contributed by atoms with Gasteiger partial charge in [0.2, 0.25) is 16.6 Å². The molecule has 0 saturated heterocycles. The number of carbonyl (C=O) groups excluding carboxylic acids is 1. The molecule has 1 amide bonds. The van der Waals surface area contributed by atoms with Gasteiger partial charge in [0.05, 0.1) is 23.2 Å². The smallest absolute Gasteiger partial charge is 0.303 e. The maximum absolute atomic E-state index is 12.8. The molecule has 2 aromatic heterocycles. The first-order chi connectivity index (χ1) is 16.8. The zero-order valence-corrected chi connectivity index (χ0v) is 20.8. The summed E-state index contributed by atoms with van der Waals surface area (Å²) in [6, 6.07) is 8.83. The molecule has 0 atom stereocenters. The number of rotatable bonds is 11. The number of carbonyl (C=O) groups is 2. The summed E-state index contributed by atoms with van der Waals surface area (Å²) in [6.45, 7) is 0.257. The summed E-state index contributed by atoms with van der Waals surface area (Å²) >= 11 is 6.02. The van der Waals surface area contributed by atoms with Gasteiger partial charge in [0.25, 0.3) is 5.91 Å². The molecule has 0 unspecified atom stereocenters. The number of furan rings is 1. The second-order valence-electron chi connectivity index (χ2n) is 8.52. The van der Waals surface area contributed by atoms with E-state index >= 15 is 0 Å². The van der Waals surface area contributed by atoms with Crippen LogP contribution in [0.5, 0.6) is 0 Å². The van der Waals surface area contributed by atoms with Crippen molar-refractivity contribution in [3.8, 4) is 11.3 Å². The summed E-state index contributed by atoms with van der Waals surface area (Å²) in [5.74, 6) is -0.616. The van der Waals surface area contributed by atoms with Crippen molar-refractivity contribution >= 4 is 45.5 Å². The second-order valence-corrected chi connectivity index (χ2v) is 10.00. The van der Waals surface area contributed by atoms with E-state index < -0.39 is 16.9 Å². The van der Waals surface area contributed by atoms with Gasteiger partial charge in [-0.1, -0.05) is 11.6 Å². The monoisotopic (exact) mass is 519 g/mol. The number of carboxylic acids is 1. The zero-order chi connectivity index (χ0) is 25.1. The van der Waals surface area contributed by atoms with E-state index in [2.05, 4.69) is 10.3 Å². The van der Waals surface area contributed by atoms with Crippen LogP contribution in [-0.4, -0.2) is 48.3 Å². The summed E-state index contributed by atoms with van der Waals surface area (Å²) in [7, 11) is -1.34. The van der Waals surface area contributed by atoms with E-state index in [1.54, 1.807) is 31.3 Å². The third kappa shape index (κ3) is 5.83. The van der Waals surface area contributed by atoms with Crippen LogP contribution in [0.3, 0.4) is 0 Å². The number of nitrogens with one attached hydrogen (secondary N) is 1. The second kappa shape index (κ2) is 10.8. The minimum atomic E-state index is -2.89. The van der Waals surface area contributed by atoms with Crippen molar-refractivity contribution in [1.82, 2.24) is 14.6 Å². The van der Waals surface area contributed by atoms with Crippen LogP contribution >= 0.6 is 11.6 Å². The largest absolute Gasteiger partial charge is 0.481 e. The lowest BCUT2D eigenvalue weighted by molar-refractivity contribution is -0.137. The molecular formula is C24H26ClN3O6S. The Bertz CT molecular complexity index is 1320.